The van der Waals surface area contributed by atoms with Gasteiger partial charge in [-0.05, 0) is 30.7 Å². The molecule has 26 heavy (non-hydrogen) atoms. The van der Waals surface area contributed by atoms with E-state index in [0.717, 1.165) is 41.9 Å². The zero-order chi connectivity index (χ0) is 18.5. The number of phenolic OH excluding ortho intramolecular Hbond substituents is 1. The molecule has 1 aliphatic rings. The molecule has 0 radical (unpaired) electrons. The predicted octanol–water partition coefficient (Wildman–Crippen LogP) is 3.15. The van der Waals surface area contributed by atoms with Crippen LogP contribution in [0.4, 0.5) is 5.69 Å². The number of amides is 1. The van der Waals surface area contributed by atoms with Crippen molar-refractivity contribution in [3.63, 3.8) is 0 Å². The molecular weight excluding hydrogens is 394 g/mol. The Bertz CT molecular complexity index is 760. The summed E-state index contributed by atoms with van der Waals surface area (Å²) in [6.45, 7) is 5.57. The standard InChI is InChI=1S/C20H24BrN3O2/c1-15(16-6-2-3-7-17(16)21)22-20(26)14-23-10-12-24(13-11-23)18-8-4-5-9-19(18)25/h2-9,15,25H,10-14H2,1H3,(H,22,26)/t15-/m0/s1. The number of para-hydroxylation sites is 2. The van der Waals surface area contributed by atoms with Crippen LogP contribution in [0.25, 0.3) is 0 Å². The molecule has 1 atom stereocenters. The van der Waals surface area contributed by atoms with Crippen molar-refractivity contribution >= 4 is 27.5 Å². The molecule has 2 N–H and O–H groups in total. The van der Waals surface area contributed by atoms with Crippen LogP contribution in [0, 0.1) is 0 Å². The summed E-state index contributed by atoms with van der Waals surface area (Å²) < 4.78 is 1.00. The van der Waals surface area contributed by atoms with Gasteiger partial charge in [0, 0.05) is 30.7 Å². The van der Waals surface area contributed by atoms with Crippen molar-refractivity contribution in [3.8, 4) is 5.75 Å². The number of carbonyl (C=O) groups is 1. The largest absolute Gasteiger partial charge is 0.506 e. The zero-order valence-electron chi connectivity index (χ0n) is 14.9. The smallest absolute Gasteiger partial charge is 0.234 e. The average molecular weight is 418 g/mol. The Morgan fingerprint density at radius 3 is 2.46 bits per heavy atom. The molecule has 0 spiro atoms. The Balaban J connectivity index is 1.49. The number of halogens is 1. The van der Waals surface area contributed by atoms with Gasteiger partial charge in [0.1, 0.15) is 5.75 Å². The van der Waals surface area contributed by atoms with E-state index in [0.29, 0.717) is 12.3 Å². The third kappa shape index (κ3) is 4.56. The molecule has 6 heteroatoms. The quantitative estimate of drug-likeness (QED) is 0.784. The van der Waals surface area contributed by atoms with Crippen LogP contribution in [-0.4, -0.2) is 48.6 Å². The third-order valence-corrected chi connectivity index (χ3v) is 5.43. The lowest BCUT2D eigenvalue weighted by Crippen LogP contribution is -2.49. The minimum atomic E-state index is -0.0411. The monoisotopic (exact) mass is 417 g/mol. The molecular formula is C20H24BrN3O2. The van der Waals surface area contributed by atoms with Crippen molar-refractivity contribution in [2.24, 2.45) is 0 Å². The number of hydrogen-bond acceptors (Lipinski definition) is 4. The van der Waals surface area contributed by atoms with Crippen LogP contribution in [0.15, 0.2) is 53.0 Å². The van der Waals surface area contributed by atoms with Crippen molar-refractivity contribution < 1.29 is 9.90 Å². The lowest BCUT2D eigenvalue weighted by Gasteiger charge is -2.36. The molecule has 0 saturated carbocycles. The maximum Gasteiger partial charge on any atom is 0.234 e. The highest BCUT2D eigenvalue weighted by molar-refractivity contribution is 9.10. The Kier molecular flexibility index (Phi) is 6.16. The van der Waals surface area contributed by atoms with Gasteiger partial charge in [-0.3, -0.25) is 9.69 Å². The van der Waals surface area contributed by atoms with Gasteiger partial charge in [0.25, 0.3) is 0 Å². The van der Waals surface area contributed by atoms with E-state index in [-0.39, 0.29) is 11.9 Å². The van der Waals surface area contributed by atoms with E-state index < -0.39 is 0 Å². The van der Waals surface area contributed by atoms with E-state index in [2.05, 4.69) is 31.0 Å². The molecule has 3 rings (SSSR count). The van der Waals surface area contributed by atoms with Crippen molar-refractivity contribution in [2.75, 3.05) is 37.6 Å². The second-order valence-electron chi connectivity index (χ2n) is 6.56. The molecule has 1 aliphatic heterocycles. The Morgan fingerprint density at radius 2 is 1.77 bits per heavy atom. The molecule has 1 fully saturated rings. The number of anilines is 1. The highest BCUT2D eigenvalue weighted by Gasteiger charge is 2.21. The second-order valence-corrected chi connectivity index (χ2v) is 7.42. The van der Waals surface area contributed by atoms with E-state index in [9.17, 15) is 9.90 Å². The summed E-state index contributed by atoms with van der Waals surface area (Å²) in [5.41, 5.74) is 1.93. The Hall–Kier alpha value is -2.05. The summed E-state index contributed by atoms with van der Waals surface area (Å²) in [4.78, 5) is 16.7. The topological polar surface area (TPSA) is 55.8 Å². The SMILES string of the molecule is C[C@H](NC(=O)CN1CCN(c2ccccc2O)CC1)c1ccccc1Br. The van der Waals surface area contributed by atoms with Crippen molar-refractivity contribution in [1.29, 1.82) is 0 Å². The summed E-state index contributed by atoms with van der Waals surface area (Å²) in [7, 11) is 0. The predicted molar refractivity (Wildman–Crippen MR) is 107 cm³/mol. The number of hydrogen-bond donors (Lipinski definition) is 2. The molecule has 2 aromatic rings. The van der Waals surface area contributed by atoms with E-state index in [1.165, 1.54) is 0 Å². The number of rotatable bonds is 5. The van der Waals surface area contributed by atoms with Crippen LogP contribution < -0.4 is 10.2 Å². The molecule has 1 amide bonds. The molecule has 1 heterocycles. The number of benzene rings is 2. The average Bonchev–Trinajstić information content (AvgIpc) is 2.63. The minimum absolute atomic E-state index is 0.0317. The lowest BCUT2D eigenvalue weighted by molar-refractivity contribution is -0.123. The number of phenols is 1. The van der Waals surface area contributed by atoms with Gasteiger partial charge >= 0.3 is 0 Å². The van der Waals surface area contributed by atoms with Crippen LogP contribution >= 0.6 is 15.9 Å². The van der Waals surface area contributed by atoms with E-state index in [4.69, 9.17) is 0 Å². The van der Waals surface area contributed by atoms with Gasteiger partial charge in [0.05, 0.1) is 18.3 Å². The molecule has 5 nitrogen and oxygen atoms in total. The van der Waals surface area contributed by atoms with Gasteiger partial charge in [-0.2, -0.15) is 0 Å². The number of aromatic hydroxyl groups is 1. The first kappa shape index (κ1) is 18.7. The second kappa shape index (κ2) is 8.56. The van der Waals surface area contributed by atoms with Crippen molar-refractivity contribution in [1.82, 2.24) is 10.2 Å². The first-order valence-electron chi connectivity index (χ1n) is 8.83. The summed E-state index contributed by atoms with van der Waals surface area (Å²) in [6, 6.07) is 15.3. The fourth-order valence-electron chi connectivity index (χ4n) is 3.27. The number of nitrogens with one attached hydrogen (secondary N) is 1. The van der Waals surface area contributed by atoms with Crippen molar-refractivity contribution in [3.05, 3.63) is 58.6 Å². The van der Waals surface area contributed by atoms with Crippen LogP contribution in [-0.2, 0) is 4.79 Å². The first-order valence-corrected chi connectivity index (χ1v) is 9.63. The maximum atomic E-state index is 12.4. The van der Waals surface area contributed by atoms with E-state index in [1.807, 2.05) is 49.4 Å². The fraction of sp³-hybridized carbons (Fsp3) is 0.350. The number of carbonyl (C=O) groups excluding carboxylic acids is 1. The van der Waals surface area contributed by atoms with Crippen LogP contribution in [0.5, 0.6) is 5.75 Å². The van der Waals surface area contributed by atoms with Gasteiger partial charge in [-0.25, -0.2) is 0 Å². The Morgan fingerprint density at radius 1 is 1.12 bits per heavy atom. The van der Waals surface area contributed by atoms with Crippen molar-refractivity contribution in [2.45, 2.75) is 13.0 Å². The summed E-state index contributed by atoms with van der Waals surface area (Å²) >= 11 is 3.53. The van der Waals surface area contributed by atoms with Crippen LogP contribution in [0.3, 0.4) is 0 Å². The number of nitrogens with zero attached hydrogens (tertiary/aromatic N) is 2. The van der Waals surface area contributed by atoms with Crippen LogP contribution in [0.2, 0.25) is 0 Å². The molecule has 0 unspecified atom stereocenters. The van der Waals surface area contributed by atoms with Gasteiger partial charge in [-0.1, -0.05) is 46.3 Å². The molecule has 1 saturated heterocycles. The highest BCUT2D eigenvalue weighted by Crippen LogP contribution is 2.27. The number of piperazine rings is 1. The zero-order valence-corrected chi connectivity index (χ0v) is 16.4. The summed E-state index contributed by atoms with van der Waals surface area (Å²) in [5, 5.41) is 13.1. The van der Waals surface area contributed by atoms with E-state index in [1.54, 1.807) is 6.07 Å². The Labute approximate surface area is 162 Å². The first-order chi connectivity index (χ1) is 12.5. The van der Waals surface area contributed by atoms with Gasteiger partial charge in [0.2, 0.25) is 5.91 Å². The van der Waals surface area contributed by atoms with E-state index >= 15 is 0 Å². The van der Waals surface area contributed by atoms with Crippen LogP contribution in [0.1, 0.15) is 18.5 Å². The molecule has 0 bridgehead atoms. The molecule has 138 valence electrons. The third-order valence-electron chi connectivity index (χ3n) is 4.71. The highest BCUT2D eigenvalue weighted by atomic mass is 79.9. The van der Waals surface area contributed by atoms with Gasteiger partial charge in [-0.15, -0.1) is 0 Å². The van der Waals surface area contributed by atoms with Gasteiger partial charge < -0.3 is 15.3 Å². The molecule has 2 aromatic carbocycles. The maximum absolute atomic E-state index is 12.4. The fourth-order valence-corrected chi connectivity index (χ4v) is 3.90. The summed E-state index contributed by atoms with van der Waals surface area (Å²) in [5.74, 6) is 0.338. The normalized spacial score (nSPS) is 16.3. The summed E-state index contributed by atoms with van der Waals surface area (Å²) in [6.07, 6.45) is 0. The van der Waals surface area contributed by atoms with Gasteiger partial charge in [0.15, 0.2) is 0 Å². The minimum Gasteiger partial charge on any atom is -0.506 e. The molecule has 0 aromatic heterocycles. The molecule has 0 aliphatic carbocycles. The lowest BCUT2D eigenvalue weighted by atomic mass is 10.1.